The molecule has 2 rings (SSSR count). The second-order valence-electron chi connectivity index (χ2n) is 4.13. The Morgan fingerprint density at radius 2 is 2.19 bits per heavy atom. The van der Waals surface area contributed by atoms with E-state index in [4.69, 9.17) is 0 Å². The summed E-state index contributed by atoms with van der Waals surface area (Å²) in [5, 5.41) is 4.97. The standard InChI is InChI=1S/C13H11F3N2O2S/c1-8-18-11(7-21-8)12(19)17-6-9-3-2-4-10(5-9)20-13(14,15)16/h2-5,7H,6H2,1H3,(H,17,19). The minimum absolute atomic E-state index is 0.0878. The minimum atomic E-state index is -4.74. The topological polar surface area (TPSA) is 51.2 Å². The van der Waals surface area contributed by atoms with Crippen LogP contribution in [-0.2, 0) is 6.54 Å². The van der Waals surface area contributed by atoms with Crippen molar-refractivity contribution < 1.29 is 22.7 Å². The number of halogens is 3. The zero-order chi connectivity index (χ0) is 15.5. The third kappa shape index (κ3) is 4.75. The van der Waals surface area contributed by atoms with Crippen molar-refractivity contribution in [2.24, 2.45) is 0 Å². The maximum Gasteiger partial charge on any atom is 0.573 e. The number of alkyl halides is 3. The predicted octanol–water partition coefficient (Wildman–Crippen LogP) is 3.28. The van der Waals surface area contributed by atoms with Crippen LogP contribution in [0.5, 0.6) is 5.75 Å². The van der Waals surface area contributed by atoms with Gasteiger partial charge in [0.2, 0.25) is 0 Å². The molecule has 0 atom stereocenters. The fourth-order valence-electron chi connectivity index (χ4n) is 1.59. The molecule has 0 bridgehead atoms. The molecule has 8 heteroatoms. The molecule has 0 saturated carbocycles. The van der Waals surface area contributed by atoms with Crippen LogP contribution in [-0.4, -0.2) is 17.3 Å². The number of aromatic nitrogens is 1. The van der Waals surface area contributed by atoms with Gasteiger partial charge in [-0.25, -0.2) is 4.98 Å². The third-order valence-corrected chi connectivity index (χ3v) is 3.21. The molecule has 1 aromatic carbocycles. The molecule has 0 fully saturated rings. The molecule has 1 aromatic heterocycles. The number of thiazole rings is 1. The highest BCUT2D eigenvalue weighted by molar-refractivity contribution is 7.09. The quantitative estimate of drug-likeness (QED) is 0.942. The van der Waals surface area contributed by atoms with E-state index < -0.39 is 6.36 Å². The lowest BCUT2D eigenvalue weighted by Crippen LogP contribution is -2.23. The van der Waals surface area contributed by atoms with Gasteiger partial charge >= 0.3 is 6.36 Å². The summed E-state index contributed by atoms with van der Waals surface area (Å²) in [5.41, 5.74) is 0.789. The molecule has 2 aromatic rings. The molecule has 1 heterocycles. The minimum Gasteiger partial charge on any atom is -0.406 e. The average molecular weight is 316 g/mol. The maximum atomic E-state index is 12.1. The summed E-state index contributed by atoms with van der Waals surface area (Å²) in [6, 6.07) is 5.44. The van der Waals surface area contributed by atoms with Gasteiger partial charge in [-0.3, -0.25) is 4.79 Å². The molecule has 4 nitrogen and oxygen atoms in total. The Morgan fingerprint density at radius 3 is 2.81 bits per heavy atom. The number of rotatable bonds is 4. The van der Waals surface area contributed by atoms with E-state index in [9.17, 15) is 18.0 Å². The van der Waals surface area contributed by atoms with E-state index in [2.05, 4.69) is 15.0 Å². The molecule has 1 amide bonds. The second-order valence-corrected chi connectivity index (χ2v) is 5.19. The Balaban J connectivity index is 1.97. The molecule has 112 valence electrons. The molecule has 1 N–H and O–H groups in total. The zero-order valence-corrected chi connectivity index (χ0v) is 11.7. The number of amides is 1. The van der Waals surface area contributed by atoms with Gasteiger partial charge in [-0.15, -0.1) is 24.5 Å². The van der Waals surface area contributed by atoms with Gasteiger partial charge in [0.05, 0.1) is 5.01 Å². The van der Waals surface area contributed by atoms with Gasteiger partial charge in [-0.05, 0) is 24.6 Å². The van der Waals surface area contributed by atoms with E-state index in [0.717, 1.165) is 5.01 Å². The highest BCUT2D eigenvalue weighted by Gasteiger charge is 2.31. The van der Waals surface area contributed by atoms with Crippen LogP contribution in [0.2, 0.25) is 0 Å². The first-order valence-electron chi connectivity index (χ1n) is 5.88. The molecular formula is C13H11F3N2O2S. The largest absolute Gasteiger partial charge is 0.573 e. The summed E-state index contributed by atoms with van der Waals surface area (Å²) in [4.78, 5) is 15.8. The molecule has 0 aliphatic rings. The van der Waals surface area contributed by atoms with Crippen LogP contribution >= 0.6 is 11.3 Å². The summed E-state index contributed by atoms with van der Waals surface area (Å²) in [6.45, 7) is 1.86. The van der Waals surface area contributed by atoms with Crippen LogP contribution in [0.25, 0.3) is 0 Å². The number of nitrogens with one attached hydrogen (secondary N) is 1. The van der Waals surface area contributed by atoms with Crippen molar-refractivity contribution in [1.82, 2.24) is 10.3 Å². The Bertz CT molecular complexity index is 640. The Labute approximate surface area is 122 Å². The molecule has 0 radical (unpaired) electrons. The van der Waals surface area contributed by atoms with E-state index in [1.54, 1.807) is 18.4 Å². The van der Waals surface area contributed by atoms with Crippen molar-refractivity contribution in [3.05, 3.63) is 45.9 Å². The number of nitrogens with zero attached hydrogens (tertiary/aromatic N) is 1. The number of carbonyl (C=O) groups is 1. The van der Waals surface area contributed by atoms with Gasteiger partial charge in [0.15, 0.2) is 0 Å². The second kappa shape index (κ2) is 6.13. The zero-order valence-electron chi connectivity index (χ0n) is 10.9. The molecule has 0 aliphatic heterocycles. The van der Waals surface area contributed by atoms with Gasteiger partial charge < -0.3 is 10.1 Å². The number of hydrogen-bond acceptors (Lipinski definition) is 4. The van der Waals surface area contributed by atoms with Crippen LogP contribution in [0.4, 0.5) is 13.2 Å². The molecular weight excluding hydrogens is 305 g/mol. The first kappa shape index (κ1) is 15.3. The van der Waals surface area contributed by atoms with Crippen molar-refractivity contribution in [1.29, 1.82) is 0 Å². The van der Waals surface area contributed by atoms with Gasteiger partial charge in [-0.2, -0.15) is 0 Å². The lowest BCUT2D eigenvalue weighted by atomic mass is 10.2. The van der Waals surface area contributed by atoms with Crippen LogP contribution in [0.15, 0.2) is 29.6 Å². The first-order valence-corrected chi connectivity index (χ1v) is 6.76. The third-order valence-electron chi connectivity index (χ3n) is 2.44. The number of benzene rings is 1. The molecule has 0 saturated heterocycles. The van der Waals surface area contributed by atoms with E-state index in [-0.39, 0.29) is 18.2 Å². The molecule has 0 aliphatic carbocycles. The monoisotopic (exact) mass is 316 g/mol. The van der Waals surface area contributed by atoms with Gasteiger partial charge in [0, 0.05) is 11.9 Å². The fourth-order valence-corrected chi connectivity index (χ4v) is 2.19. The molecule has 0 spiro atoms. The lowest BCUT2D eigenvalue weighted by Gasteiger charge is -2.10. The van der Waals surface area contributed by atoms with Crippen LogP contribution in [0.1, 0.15) is 21.1 Å². The number of hydrogen-bond donors (Lipinski definition) is 1. The molecule has 21 heavy (non-hydrogen) atoms. The fraction of sp³-hybridized carbons (Fsp3) is 0.231. The lowest BCUT2D eigenvalue weighted by molar-refractivity contribution is -0.274. The van der Waals surface area contributed by atoms with E-state index in [1.807, 2.05) is 0 Å². The summed E-state index contributed by atoms with van der Waals surface area (Å²) in [5.74, 6) is -0.694. The summed E-state index contributed by atoms with van der Waals surface area (Å²) in [6.07, 6.45) is -4.74. The summed E-state index contributed by atoms with van der Waals surface area (Å²) in [7, 11) is 0. The molecule has 0 unspecified atom stereocenters. The maximum absolute atomic E-state index is 12.1. The number of aryl methyl sites for hydroxylation is 1. The Kier molecular flexibility index (Phi) is 4.46. The van der Waals surface area contributed by atoms with Crippen molar-refractivity contribution >= 4 is 17.2 Å². The van der Waals surface area contributed by atoms with Crippen LogP contribution < -0.4 is 10.1 Å². The van der Waals surface area contributed by atoms with Crippen LogP contribution in [0, 0.1) is 6.92 Å². The first-order chi connectivity index (χ1) is 9.83. The Morgan fingerprint density at radius 1 is 1.43 bits per heavy atom. The average Bonchev–Trinajstić information content (AvgIpc) is 2.81. The highest BCUT2D eigenvalue weighted by atomic mass is 32.1. The van der Waals surface area contributed by atoms with Crippen molar-refractivity contribution in [2.45, 2.75) is 19.8 Å². The highest BCUT2D eigenvalue weighted by Crippen LogP contribution is 2.23. The SMILES string of the molecule is Cc1nc(C(=O)NCc2cccc(OC(F)(F)F)c2)cs1. The predicted molar refractivity (Wildman–Crippen MR) is 71.1 cm³/mol. The van der Waals surface area contributed by atoms with Gasteiger partial charge in [0.1, 0.15) is 11.4 Å². The normalized spacial score (nSPS) is 11.2. The smallest absolute Gasteiger partial charge is 0.406 e. The number of ether oxygens (including phenoxy) is 1. The van der Waals surface area contributed by atoms with E-state index in [1.165, 1.54) is 29.5 Å². The Hall–Kier alpha value is -2.09. The summed E-state index contributed by atoms with van der Waals surface area (Å²) < 4.78 is 40.1. The van der Waals surface area contributed by atoms with Gasteiger partial charge in [-0.1, -0.05) is 12.1 Å². The van der Waals surface area contributed by atoms with Gasteiger partial charge in [0.25, 0.3) is 5.91 Å². The summed E-state index contributed by atoms with van der Waals surface area (Å²) >= 11 is 1.35. The number of carbonyl (C=O) groups excluding carboxylic acids is 1. The van der Waals surface area contributed by atoms with E-state index in [0.29, 0.717) is 11.3 Å². The van der Waals surface area contributed by atoms with E-state index >= 15 is 0 Å². The van der Waals surface area contributed by atoms with Crippen molar-refractivity contribution in [3.8, 4) is 5.75 Å². The van der Waals surface area contributed by atoms with Crippen LogP contribution in [0.3, 0.4) is 0 Å². The van der Waals surface area contributed by atoms with Crippen molar-refractivity contribution in [3.63, 3.8) is 0 Å². The van der Waals surface area contributed by atoms with Crippen molar-refractivity contribution in [2.75, 3.05) is 0 Å².